The first-order valence-corrected chi connectivity index (χ1v) is 17.4. The molecule has 38 heavy (non-hydrogen) atoms. The molecule has 12 unspecified atom stereocenters. The van der Waals surface area contributed by atoms with E-state index in [0.717, 1.165) is 65.2 Å². The number of nitrogens with zero attached hydrogens (tertiary/aromatic N) is 1. The second-order valence-electron chi connectivity index (χ2n) is 15.3. The first-order valence-electron chi connectivity index (χ1n) is 17.4. The van der Waals surface area contributed by atoms with Gasteiger partial charge in [0.25, 0.3) is 0 Å². The summed E-state index contributed by atoms with van der Waals surface area (Å²) in [5.74, 6) is 8.77. The lowest BCUT2D eigenvalue weighted by molar-refractivity contribution is -0.0254. The summed E-state index contributed by atoms with van der Waals surface area (Å²) in [6.07, 6.45) is 28.0. The van der Waals surface area contributed by atoms with Crippen molar-refractivity contribution in [2.24, 2.45) is 59.2 Å². The molecule has 1 nitrogen and oxygen atoms in total. The van der Waals surface area contributed by atoms with E-state index < -0.39 is 0 Å². The lowest BCUT2D eigenvalue weighted by atomic mass is 9.53. The van der Waals surface area contributed by atoms with Crippen LogP contribution in [0.4, 0.5) is 0 Å². The van der Waals surface area contributed by atoms with Crippen LogP contribution in [0.3, 0.4) is 0 Å². The summed E-state index contributed by atoms with van der Waals surface area (Å²) in [7, 11) is 2.65. The number of fused-ring (bicyclic) bond motifs is 5. The van der Waals surface area contributed by atoms with Gasteiger partial charge in [0.2, 0.25) is 0 Å². The average molecular weight is 522 g/mol. The van der Waals surface area contributed by atoms with Crippen molar-refractivity contribution in [3.63, 3.8) is 0 Å². The Kier molecular flexibility index (Phi) is 9.24. The number of allylic oxidation sites excluding steroid dienone is 4. The fraction of sp³-hybridized carbons (Fsp3) is 0.892. The monoisotopic (exact) mass is 521 g/mol. The van der Waals surface area contributed by atoms with Gasteiger partial charge < -0.3 is 0 Å². The molecule has 3 fully saturated rings. The molecule has 1 heteroatoms. The molecule has 0 spiro atoms. The summed E-state index contributed by atoms with van der Waals surface area (Å²) in [6.45, 7) is 15.0. The number of rotatable bonds is 7. The fourth-order valence-electron chi connectivity index (χ4n) is 11.4. The first-order chi connectivity index (χ1) is 18.3. The molecule has 0 bridgehead atoms. The van der Waals surface area contributed by atoms with Crippen LogP contribution in [0.1, 0.15) is 131 Å². The summed E-state index contributed by atoms with van der Waals surface area (Å²) in [5, 5.41) is 0. The lowest BCUT2D eigenvalue weighted by Gasteiger charge is -2.54. The van der Waals surface area contributed by atoms with Gasteiger partial charge in [0, 0.05) is 11.6 Å². The second kappa shape index (κ2) is 12.1. The lowest BCUT2D eigenvalue weighted by Crippen LogP contribution is -2.57. The van der Waals surface area contributed by atoms with Crippen molar-refractivity contribution in [2.75, 3.05) is 7.05 Å². The van der Waals surface area contributed by atoms with Gasteiger partial charge in [0.05, 0.1) is 0 Å². The Bertz CT molecular complexity index is 840. The largest absolute Gasteiger partial charge is 0.297 e. The molecule has 0 aromatic carbocycles. The Morgan fingerprint density at radius 1 is 1.00 bits per heavy atom. The van der Waals surface area contributed by atoms with Crippen LogP contribution in [-0.2, 0) is 0 Å². The molecule has 216 valence electrons. The quantitative estimate of drug-likeness (QED) is 0.301. The minimum absolute atomic E-state index is 0.437. The highest BCUT2D eigenvalue weighted by Crippen LogP contribution is 2.64. The van der Waals surface area contributed by atoms with Crippen molar-refractivity contribution in [3.8, 4) is 0 Å². The maximum Gasteiger partial charge on any atom is 0.0274 e. The van der Waals surface area contributed by atoms with E-state index in [1.165, 1.54) is 89.9 Å². The van der Waals surface area contributed by atoms with Gasteiger partial charge in [-0.15, -0.1) is 0 Å². The van der Waals surface area contributed by atoms with Gasteiger partial charge in [-0.25, -0.2) is 0 Å². The zero-order valence-electron chi connectivity index (χ0n) is 26.4. The van der Waals surface area contributed by atoms with Gasteiger partial charge in [0.15, 0.2) is 0 Å². The van der Waals surface area contributed by atoms with E-state index >= 15 is 0 Å². The predicted octanol–water partition coefficient (Wildman–Crippen LogP) is 10.3. The van der Waals surface area contributed by atoms with Gasteiger partial charge in [-0.2, -0.15) is 0 Å². The molecule has 4 aliphatic carbocycles. The van der Waals surface area contributed by atoms with Crippen molar-refractivity contribution in [2.45, 2.75) is 143 Å². The van der Waals surface area contributed by atoms with E-state index in [2.05, 4.69) is 71.7 Å². The van der Waals surface area contributed by atoms with Gasteiger partial charge in [-0.3, -0.25) is 4.90 Å². The molecule has 5 rings (SSSR count). The van der Waals surface area contributed by atoms with Gasteiger partial charge >= 0.3 is 0 Å². The minimum atomic E-state index is 0.437. The van der Waals surface area contributed by atoms with Gasteiger partial charge in [0.1, 0.15) is 0 Å². The molecule has 1 saturated heterocycles. The molecule has 2 saturated carbocycles. The van der Waals surface area contributed by atoms with Gasteiger partial charge in [-0.1, -0.05) is 84.1 Å². The van der Waals surface area contributed by atoms with E-state index in [4.69, 9.17) is 0 Å². The van der Waals surface area contributed by atoms with Crippen molar-refractivity contribution < 1.29 is 0 Å². The van der Waals surface area contributed by atoms with Crippen molar-refractivity contribution in [1.82, 2.24) is 4.90 Å². The molecule has 1 aliphatic heterocycles. The van der Waals surface area contributed by atoms with Gasteiger partial charge in [-0.05, 0) is 137 Å². The minimum Gasteiger partial charge on any atom is -0.297 e. The van der Waals surface area contributed by atoms with Crippen LogP contribution in [0.15, 0.2) is 23.8 Å². The van der Waals surface area contributed by atoms with E-state index in [-0.39, 0.29) is 0 Å². The third-order valence-electron chi connectivity index (χ3n) is 13.6. The summed E-state index contributed by atoms with van der Waals surface area (Å²) < 4.78 is 0. The van der Waals surface area contributed by atoms with Crippen LogP contribution >= 0.6 is 0 Å². The highest BCUT2D eigenvalue weighted by Gasteiger charge is 2.64. The standard InChI is InChI=1S/C37H63N/c1-8-27(5)28(6)24-34(30-17-13-14-25(3)22-30)37-21-11-10-18-33(37)36-32-23-26(4)15-12-16-29(9-2)31(32)19-20-35(36)38(37)7/h12,15,22,26-36H,8-11,13-14,16-21,23-24H2,1-7H3/b15-12+. The SMILES string of the molecule is CCC(C)C(C)CC(C1C=C(C)CCC1)C12CCCCC1C1C3CC(C)/C=C/CC(CC)C3CCC1N2C. The molecular formula is C37H63N. The Hall–Kier alpha value is -0.560. The second-order valence-corrected chi connectivity index (χ2v) is 15.3. The number of hydrogen-bond acceptors (Lipinski definition) is 1. The smallest absolute Gasteiger partial charge is 0.0274 e. The molecule has 1 heterocycles. The maximum absolute atomic E-state index is 3.13. The number of hydrogen-bond donors (Lipinski definition) is 0. The average Bonchev–Trinajstić information content (AvgIpc) is 3.17. The van der Waals surface area contributed by atoms with E-state index in [0.29, 0.717) is 5.54 Å². The zero-order chi connectivity index (χ0) is 27.0. The van der Waals surface area contributed by atoms with Crippen molar-refractivity contribution in [3.05, 3.63) is 23.8 Å². The third-order valence-corrected chi connectivity index (χ3v) is 13.6. The Morgan fingerprint density at radius 2 is 1.82 bits per heavy atom. The highest BCUT2D eigenvalue weighted by atomic mass is 15.3. The maximum atomic E-state index is 3.13. The molecule has 5 aliphatic rings. The molecule has 0 N–H and O–H groups in total. The van der Waals surface area contributed by atoms with Crippen LogP contribution in [0.5, 0.6) is 0 Å². The molecule has 0 aromatic heterocycles. The van der Waals surface area contributed by atoms with Crippen molar-refractivity contribution in [1.29, 1.82) is 0 Å². The van der Waals surface area contributed by atoms with Crippen LogP contribution in [0.25, 0.3) is 0 Å². The molecular weight excluding hydrogens is 458 g/mol. The molecule has 12 atom stereocenters. The van der Waals surface area contributed by atoms with Crippen LogP contribution in [0.2, 0.25) is 0 Å². The van der Waals surface area contributed by atoms with Crippen LogP contribution < -0.4 is 0 Å². The molecule has 0 amide bonds. The normalized spacial score (nSPS) is 45.0. The summed E-state index contributed by atoms with van der Waals surface area (Å²) in [4.78, 5) is 3.13. The van der Waals surface area contributed by atoms with E-state index in [1.807, 2.05) is 0 Å². The van der Waals surface area contributed by atoms with Crippen LogP contribution in [0, 0.1) is 59.2 Å². The molecule has 0 radical (unpaired) electrons. The van der Waals surface area contributed by atoms with E-state index in [9.17, 15) is 0 Å². The molecule has 0 aromatic rings. The predicted molar refractivity (Wildman–Crippen MR) is 165 cm³/mol. The summed E-state index contributed by atoms with van der Waals surface area (Å²) in [5.41, 5.74) is 2.13. The van der Waals surface area contributed by atoms with Crippen LogP contribution in [-0.4, -0.2) is 23.5 Å². The third kappa shape index (κ3) is 5.14. The highest BCUT2D eigenvalue weighted by molar-refractivity contribution is 5.20. The van der Waals surface area contributed by atoms with E-state index in [1.54, 1.807) is 5.57 Å². The first kappa shape index (κ1) is 29.0. The Labute approximate surface area is 237 Å². The number of likely N-dealkylation sites (tertiary alicyclic amines) is 1. The Balaban J connectivity index is 1.57. The Morgan fingerprint density at radius 3 is 2.55 bits per heavy atom. The summed E-state index contributed by atoms with van der Waals surface area (Å²) >= 11 is 0. The summed E-state index contributed by atoms with van der Waals surface area (Å²) in [6, 6.07) is 0.836. The zero-order valence-corrected chi connectivity index (χ0v) is 26.4. The topological polar surface area (TPSA) is 3.24 Å². The van der Waals surface area contributed by atoms with Crippen molar-refractivity contribution >= 4 is 0 Å². The fourth-order valence-corrected chi connectivity index (χ4v) is 11.4.